The van der Waals surface area contributed by atoms with Crippen LogP contribution in [0.15, 0.2) is 42.5 Å². The molecule has 0 amide bonds. The minimum absolute atomic E-state index is 0.364. The quantitative estimate of drug-likeness (QED) is 0.741. The molecule has 0 saturated carbocycles. The summed E-state index contributed by atoms with van der Waals surface area (Å²) in [5.41, 5.74) is 1.96. The molecule has 2 nitrogen and oxygen atoms in total. The molecule has 0 spiro atoms. The maximum absolute atomic E-state index is 5.94. The van der Waals surface area contributed by atoms with Crippen LogP contribution in [0, 0.1) is 0 Å². The van der Waals surface area contributed by atoms with Gasteiger partial charge in [0.25, 0.3) is 0 Å². The highest BCUT2D eigenvalue weighted by Gasteiger charge is 2.06. The molecule has 0 fully saturated rings. The molecule has 0 saturated heterocycles. The first kappa shape index (κ1) is 14.0. The Bertz CT molecular complexity index is 570. The van der Waals surface area contributed by atoms with Crippen molar-refractivity contribution in [2.24, 2.45) is 0 Å². The lowest BCUT2D eigenvalue weighted by molar-refractivity contribution is 0.478. The highest BCUT2D eigenvalue weighted by Crippen LogP contribution is 2.30. The van der Waals surface area contributed by atoms with Crippen LogP contribution >= 0.6 is 23.2 Å². The monoisotopic (exact) mass is 295 g/mol. The maximum Gasteiger partial charge on any atom is 0.131 e. The number of anilines is 1. The molecule has 0 aliphatic heterocycles. The van der Waals surface area contributed by atoms with E-state index in [1.54, 1.807) is 6.07 Å². The standard InChI is InChI=1S/C15H15Cl2NO/c1-18(2)13-4-3-5-14(9-13)19-15-7-6-12(17)8-11(15)10-16/h3-9H,10H2,1-2H3. The number of benzene rings is 2. The van der Waals surface area contributed by atoms with Gasteiger partial charge in [0, 0.05) is 36.4 Å². The van der Waals surface area contributed by atoms with E-state index < -0.39 is 0 Å². The summed E-state index contributed by atoms with van der Waals surface area (Å²) in [7, 11) is 3.98. The Kier molecular flexibility index (Phi) is 4.56. The minimum atomic E-state index is 0.364. The van der Waals surface area contributed by atoms with Gasteiger partial charge in [-0.25, -0.2) is 0 Å². The zero-order chi connectivity index (χ0) is 13.8. The van der Waals surface area contributed by atoms with Gasteiger partial charge in [0.05, 0.1) is 5.88 Å². The predicted molar refractivity (Wildman–Crippen MR) is 81.9 cm³/mol. The highest BCUT2D eigenvalue weighted by molar-refractivity contribution is 6.30. The van der Waals surface area contributed by atoms with Crippen LogP contribution < -0.4 is 9.64 Å². The number of hydrogen-bond donors (Lipinski definition) is 0. The van der Waals surface area contributed by atoms with Crippen molar-refractivity contribution in [3.05, 3.63) is 53.1 Å². The second-order valence-corrected chi connectivity index (χ2v) is 5.08. The number of nitrogens with zero attached hydrogens (tertiary/aromatic N) is 1. The summed E-state index contributed by atoms with van der Waals surface area (Å²) in [4.78, 5) is 2.02. The maximum atomic E-state index is 5.94. The summed E-state index contributed by atoms with van der Waals surface area (Å²) < 4.78 is 5.88. The predicted octanol–water partition coefficient (Wildman–Crippen LogP) is 4.94. The van der Waals surface area contributed by atoms with Gasteiger partial charge < -0.3 is 9.64 Å². The van der Waals surface area contributed by atoms with E-state index in [1.165, 1.54) is 0 Å². The van der Waals surface area contributed by atoms with E-state index in [4.69, 9.17) is 27.9 Å². The van der Waals surface area contributed by atoms with Crippen LogP contribution in [0.4, 0.5) is 5.69 Å². The molecule has 0 unspecified atom stereocenters. The normalized spacial score (nSPS) is 10.3. The number of halogens is 2. The van der Waals surface area contributed by atoms with Crippen molar-refractivity contribution in [1.82, 2.24) is 0 Å². The average Bonchev–Trinajstić information content (AvgIpc) is 2.41. The summed E-state index contributed by atoms with van der Waals surface area (Å²) in [5, 5.41) is 0.657. The Balaban J connectivity index is 2.28. The van der Waals surface area contributed by atoms with Crippen LogP contribution in [-0.4, -0.2) is 14.1 Å². The van der Waals surface area contributed by atoms with Gasteiger partial charge in [0.2, 0.25) is 0 Å². The minimum Gasteiger partial charge on any atom is -0.457 e. The molecule has 19 heavy (non-hydrogen) atoms. The summed E-state index contributed by atoms with van der Waals surface area (Å²) in [5.74, 6) is 1.87. The van der Waals surface area contributed by atoms with Gasteiger partial charge in [0.1, 0.15) is 11.5 Å². The van der Waals surface area contributed by atoms with Crippen LogP contribution in [-0.2, 0) is 5.88 Å². The number of hydrogen-bond acceptors (Lipinski definition) is 2. The summed E-state index contributed by atoms with van der Waals surface area (Å²) in [6.45, 7) is 0. The van der Waals surface area contributed by atoms with Crippen molar-refractivity contribution in [2.75, 3.05) is 19.0 Å². The first-order valence-corrected chi connectivity index (χ1v) is 6.81. The van der Waals surface area contributed by atoms with Crippen molar-refractivity contribution in [3.8, 4) is 11.5 Å². The van der Waals surface area contributed by atoms with Crippen molar-refractivity contribution >= 4 is 28.9 Å². The zero-order valence-electron chi connectivity index (χ0n) is 10.9. The smallest absolute Gasteiger partial charge is 0.131 e. The molecule has 0 atom stereocenters. The van der Waals surface area contributed by atoms with Crippen molar-refractivity contribution in [2.45, 2.75) is 5.88 Å². The zero-order valence-corrected chi connectivity index (χ0v) is 12.4. The lowest BCUT2D eigenvalue weighted by Crippen LogP contribution is -2.08. The third-order valence-corrected chi connectivity index (χ3v) is 3.25. The summed E-state index contributed by atoms with van der Waals surface area (Å²) in [6.07, 6.45) is 0. The van der Waals surface area contributed by atoms with Crippen molar-refractivity contribution < 1.29 is 4.74 Å². The highest BCUT2D eigenvalue weighted by atomic mass is 35.5. The van der Waals surface area contributed by atoms with E-state index in [-0.39, 0.29) is 0 Å². The molecule has 0 radical (unpaired) electrons. The number of ether oxygens (including phenoxy) is 1. The third-order valence-electron chi connectivity index (χ3n) is 2.73. The van der Waals surface area contributed by atoms with Gasteiger partial charge in [-0.15, -0.1) is 11.6 Å². The fraction of sp³-hybridized carbons (Fsp3) is 0.200. The lowest BCUT2D eigenvalue weighted by Gasteiger charge is -2.15. The Hall–Kier alpha value is -1.38. The van der Waals surface area contributed by atoms with E-state index in [9.17, 15) is 0 Å². The Labute approximate surface area is 123 Å². The number of rotatable bonds is 4. The van der Waals surface area contributed by atoms with Gasteiger partial charge in [0.15, 0.2) is 0 Å². The van der Waals surface area contributed by atoms with Gasteiger partial charge >= 0.3 is 0 Å². The molecular formula is C15H15Cl2NO. The van der Waals surface area contributed by atoms with Crippen LogP contribution in [0.5, 0.6) is 11.5 Å². The van der Waals surface area contributed by atoms with E-state index in [0.717, 1.165) is 22.7 Å². The van der Waals surface area contributed by atoms with Crippen LogP contribution in [0.1, 0.15) is 5.56 Å². The average molecular weight is 296 g/mol. The topological polar surface area (TPSA) is 12.5 Å². The van der Waals surface area contributed by atoms with Gasteiger partial charge in [-0.1, -0.05) is 17.7 Å². The Morgan fingerprint density at radius 2 is 1.89 bits per heavy atom. The Morgan fingerprint density at radius 3 is 2.58 bits per heavy atom. The number of alkyl halides is 1. The molecule has 2 rings (SSSR count). The lowest BCUT2D eigenvalue weighted by atomic mass is 10.2. The molecule has 0 bridgehead atoms. The molecule has 4 heteroatoms. The SMILES string of the molecule is CN(C)c1cccc(Oc2ccc(Cl)cc2CCl)c1. The Morgan fingerprint density at radius 1 is 1.11 bits per heavy atom. The fourth-order valence-electron chi connectivity index (χ4n) is 1.70. The van der Waals surface area contributed by atoms with Gasteiger partial charge in [-0.3, -0.25) is 0 Å². The summed E-state index contributed by atoms with van der Waals surface area (Å²) >= 11 is 11.8. The molecule has 2 aromatic rings. The van der Waals surface area contributed by atoms with Crippen molar-refractivity contribution in [3.63, 3.8) is 0 Å². The summed E-state index contributed by atoms with van der Waals surface area (Å²) in [6, 6.07) is 13.3. The fourth-order valence-corrected chi connectivity index (χ4v) is 2.11. The van der Waals surface area contributed by atoms with Crippen LogP contribution in [0.3, 0.4) is 0 Å². The largest absolute Gasteiger partial charge is 0.457 e. The molecule has 0 aromatic heterocycles. The molecule has 0 N–H and O–H groups in total. The molecule has 0 heterocycles. The van der Waals surface area contributed by atoms with Crippen molar-refractivity contribution in [1.29, 1.82) is 0 Å². The molecule has 0 aliphatic rings. The van der Waals surface area contributed by atoms with Crippen LogP contribution in [0.2, 0.25) is 5.02 Å². The first-order chi connectivity index (χ1) is 9.10. The first-order valence-electron chi connectivity index (χ1n) is 5.90. The second kappa shape index (κ2) is 6.18. The third kappa shape index (κ3) is 3.55. The van der Waals surface area contributed by atoms with E-state index in [2.05, 4.69) is 0 Å². The molecular weight excluding hydrogens is 281 g/mol. The van der Waals surface area contributed by atoms with E-state index >= 15 is 0 Å². The van der Waals surface area contributed by atoms with Crippen LogP contribution in [0.25, 0.3) is 0 Å². The second-order valence-electron chi connectivity index (χ2n) is 4.38. The van der Waals surface area contributed by atoms with E-state index in [1.807, 2.05) is 55.4 Å². The van der Waals surface area contributed by atoms with Gasteiger partial charge in [-0.2, -0.15) is 0 Å². The molecule has 2 aromatic carbocycles. The van der Waals surface area contributed by atoms with Gasteiger partial charge in [-0.05, 0) is 30.3 Å². The molecule has 100 valence electrons. The molecule has 0 aliphatic carbocycles. The van der Waals surface area contributed by atoms with E-state index in [0.29, 0.717) is 10.9 Å².